The zero-order chi connectivity index (χ0) is 13.2. The molecule has 19 heavy (non-hydrogen) atoms. The number of aromatic amines is 1. The number of nitrogens with one attached hydrogen (secondary N) is 2. The Labute approximate surface area is 111 Å². The number of para-hydroxylation sites is 1. The molecule has 0 aliphatic carbocycles. The molecule has 0 fully saturated rings. The van der Waals surface area contributed by atoms with Gasteiger partial charge in [0.15, 0.2) is 0 Å². The highest BCUT2D eigenvalue weighted by molar-refractivity contribution is 5.95. The van der Waals surface area contributed by atoms with Gasteiger partial charge in [0.05, 0.1) is 12.0 Å². The third-order valence-corrected chi connectivity index (χ3v) is 3.38. The van der Waals surface area contributed by atoms with E-state index in [0.29, 0.717) is 0 Å². The van der Waals surface area contributed by atoms with Crippen LogP contribution >= 0.6 is 0 Å². The predicted molar refractivity (Wildman–Crippen MR) is 76.2 cm³/mol. The molecular weight excluding hydrogens is 238 g/mol. The van der Waals surface area contributed by atoms with Gasteiger partial charge in [-0.15, -0.1) is 0 Å². The lowest BCUT2D eigenvalue weighted by molar-refractivity contribution is 0.617. The topological polar surface area (TPSA) is 53.9 Å². The van der Waals surface area contributed by atoms with Crippen LogP contribution in [0.25, 0.3) is 22.1 Å². The molecule has 2 heterocycles. The third kappa shape index (κ3) is 2.04. The molecular formula is C15H17N3O. The fourth-order valence-electron chi connectivity index (χ4n) is 2.43. The maximum Gasteiger partial charge on any atom is 0.134 e. The Bertz CT molecular complexity index is 696. The molecule has 2 aromatic heterocycles. The Morgan fingerprint density at radius 3 is 3.00 bits per heavy atom. The summed E-state index contributed by atoms with van der Waals surface area (Å²) >= 11 is 0. The summed E-state index contributed by atoms with van der Waals surface area (Å²) in [7, 11) is 1.95. The van der Waals surface area contributed by atoms with Crippen LogP contribution in [0.5, 0.6) is 0 Å². The summed E-state index contributed by atoms with van der Waals surface area (Å²) in [5.41, 5.74) is 5.36. The van der Waals surface area contributed by atoms with Gasteiger partial charge in [0.2, 0.25) is 0 Å². The number of furan rings is 1. The van der Waals surface area contributed by atoms with Crippen LogP contribution in [0.2, 0.25) is 0 Å². The molecule has 0 bridgehead atoms. The average molecular weight is 255 g/mol. The first-order chi connectivity index (χ1) is 9.31. The molecule has 2 N–H and O–H groups in total. The molecule has 0 aliphatic rings. The van der Waals surface area contributed by atoms with Gasteiger partial charge in [0.1, 0.15) is 5.58 Å². The van der Waals surface area contributed by atoms with Gasteiger partial charge in [-0.3, -0.25) is 5.10 Å². The van der Waals surface area contributed by atoms with Crippen LogP contribution in [0.4, 0.5) is 0 Å². The van der Waals surface area contributed by atoms with E-state index in [0.717, 1.165) is 40.9 Å². The van der Waals surface area contributed by atoms with Crippen LogP contribution in [-0.4, -0.2) is 23.8 Å². The molecule has 4 nitrogen and oxygen atoms in total. The van der Waals surface area contributed by atoms with E-state index in [2.05, 4.69) is 21.6 Å². The van der Waals surface area contributed by atoms with Crippen molar-refractivity contribution in [3.8, 4) is 11.1 Å². The summed E-state index contributed by atoms with van der Waals surface area (Å²) in [4.78, 5) is 0. The summed E-state index contributed by atoms with van der Waals surface area (Å²) in [5.74, 6) is 0. The predicted octanol–water partition coefficient (Wildman–Crippen LogP) is 2.89. The van der Waals surface area contributed by atoms with Gasteiger partial charge in [0, 0.05) is 35.2 Å². The summed E-state index contributed by atoms with van der Waals surface area (Å²) in [6.07, 6.45) is 2.72. The molecule has 1 aromatic carbocycles. The van der Waals surface area contributed by atoms with Gasteiger partial charge in [-0.2, -0.15) is 5.10 Å². The van der Waals surface area contributed by atoms with Crippen molar-refractivity contribution in [1.29, 1.82) is 0 Å². The maximum atomic E-state index is 5.63. The minimum absolute atomic E-state index is 0.898. The number of aromatic nitrogens is 2. The second-order valence-corrected chi connectivity index (χ2v) is 4.67. The van der Waals surface area contributed by atoms with Crippen molar-refractivity contribution >= 4 is 11.0 Å². The molecule has 0 radical (unpaired) electrons. The Balaban J connectivity index is 2.13. The van der Waals surface area contributed by atoms with Crippen LogP contribution < -0.4 is 5.32 Å². The zero-order valence-electron chi connectivity index (χ0n) is 11.2. The second-order valence-electron chi connectivity index (χ2n) is 4.67. The van der Waals surface area contributed by atoms with Crippen molar-refractivity contribution in [3.05, 3.63) is 41.9 Å². The van der Waals surface area contributed by atoms with E-state index >= 15 is 0 Å². The van der Waals surface area contributed by atoms with Crippen LogP contribution in [0, 0.1) is 6.92 Å². The van der Waals surface area contributed by atoms with Gasteiger partial charge in [-0.1, -0.05) is 18.2 Å². The van der Waals surface area contributed by atoms with E-state index in [4.69, 9.17) is 4.42 Å². The summed E-state index contributed by atoms with van der Waals surface area (Å²) < 4.78 is 5.63. The van der Waals surface area contributed by atoms with E-state index in [1.165, 1.54) is 5.56 Å². The largest absolute Gasteiger partial charge is 0.464 e. The van der Waals surface area contributed by atoms with Crippen LogP contribution in [-0.2, 0) is 6.42 Å². The monoisotopic (exact) mass is 255 g/mol. The molecule has 0 unspecified atom stereocenters. The highest BCUT2D eigenvalue weighted by Gasteiger charge is 2.16. The summed E-state index contributed by atoms with van der Waals surface area (Å²) in [6, 6.07) is 8.09. The van der Waals surface area contributed by atoms with E-state index in [1.807, 2.05) is 38.4 Å². The van der Waals surface area contributed by atoms with Gasteiger partial charge in [0.25, 0.3) is 0 Å². The number of benzene rings is 1. The van der Waals surface area contributed by atoms with Gasteiger partial charge < -0.3 is 9.73 Å². The first-order valence-corrected chi connectivity index (χ1v) is 6.46. The number of likely N-dealkylation sites (N-methyl/N-ethyl adjacent to an activating group) is 1. The van der Waals surface area contributed by atoms with E-state index < -0.39 is 0 Å². The molecule has 0 aliphatic heterocycles. The van der Waals surface area contributed by atoms with Crippen molar-refractivity contribution in [2.75, 3.05) is 13.6 Å². The maximum absolute atomic E-state index is 5.63. The molecule has 0 atom stereocenters. The number of fused-ring (bicyclic) bond motifs is 1. The highest BCUT2D eigenvalue weighted by Crippen LogP contribution is 2.33. The van der Waals surface area contributed by atoms with Crippen molar-refractivity contribution in [2.24, 2.45) is 0 Å². The molecule has 0 spiro atoms. The highest BCUT2D eigenvalue weighted by atomic mass is 16.3. The quantitative estimate of drug-likeness (QED) is 0.753. The lowest BCUT2D eigenvalue weighted by atomic mass is 10.0. The average Bonchev–Trinajstić information content (AvgIpc) is 3.00. The standard InChI is InChI=1S/C15H17N3O/c1-10-15(13(18-17-10)7-8-16-2)12-9-19-14-6-4-3-5-11(12)14/h3-6,9,16H,7-8H2,1-2H3,(H,17,18). The fourth-order valence-corrected chi connectivity index (χ4v) is 2.43. The number of hydrogen-bond donors (Lipinski definition) is 2. The molecule has 98 valence electrons. The number of H-pyrrole nitrogens is 1. The Morgan fingerprint density at radius 2 is 2.16 bits per heavy atom. The SMILES string of the molecule is CNCCc1n[nH]c(C)c1-c1coc2ccccc12. The minimum atomic E-state index is 0.898. The van der Waals surface area contributed by atoms with Crippen LogP contribution in [0.15, 0.2) is 34.9 Å². The van der Waals surface area contributed by atoms with Gasteiger partial charge in [-0.25, -0.2) is 0 Å². The first kappa shape index (κ1) is 12.0. The number of aryl methyl sites for hydroxylation is 1. The number of nitrogens with zero attached hydrogens (tertiary/aromatic N) is 1. The minimum Gasteiger partial charge on any atom is -0.464 e. The van der Waals surface area contributed by atoms with E-state index in [-0.39, 0.29) is 0 Å². The smallest absolute Gasteiger partial charge is 0.134 e. The Morgan fingerprint density at radius 1 is 1.32 bits per heavy atom. The van der Waals surface area contributed by atoms with Crippen LogP contribution in [0.3, 0.4) is 0 Å². The lowest BCUT2D eigenvalue weighted by Gasteiger charge is -2.02. The van der Waals surface area contributed by atoms with Crippen molar-refractivity contribution < 1.29 is 4.42 Å². The fraction of sp³-hybridized carbons (Fsp3) is 0.267. The summed E-state index contributed by atoms with van der Waals surface area (Å²) in [6.45, 7) is 2.96. The van der Waals surface area contributed by atoms with Crippen molar-refractivity contribution in [2.45, 2.75) is 13.3 Å². The molecule has 0 saturated heterocycles. The molecule has 0 saturated carbocycles. The third-order valence-electron chi connectivity index (χ3n) is 3.38. The van der Waals surface area contributed by atoms with Crippen molar-refractivity contribution in [1.82, 2.24) is 15.5 Å². The van der Waals surface area contributed by atoms with Crippen LogP contribution in [0.1, 0.15) is 11.4 Å². The number of rotatable bonds is 4. The van der Waals surface area contributed by atoms with Gasteiger partial charge >= 0.3 is 0 Å². The molecule has 4 heteroatoms. The Hall–Kier alpha value is -2.07. The van der Waals surface area contributed by atoms with E-state index in [9.17, 15) is 0 Å². The summed E-state index contributed by atoms with van der Waals surface area (Å²) in [5, 5.41) is 11.8. The second kappa shape index (κ2) is 4.90. The molecule has 0 amide bonds. The molecule has 3 rings (SSSR count). The van der Waals surface area contributed by atoms with E-state index in [1.54, 1.807) is 0 Å². The Kier molecular flexibility index (Phi) is 3.09. The lowest BCUT2D eigenvalue weighted by Crippen LogP contribution is -2.11. The number of hydrogen-bond acceptors (Lipinski definition) is 3. The first-order valence-electron chi connectivity index (χ1n) is 6.46. The molecule has 3 aromatic rings. The normalized spacial score (nSPS) is 11.3. The van der Waals surface area contributed by atoms with Gasteiger partial charge in [-0.05, 0) is 20.0 Å². The zero-order valence-corrected chi connectivity index (χ0v) is 11.2. The van der Waals surface area contributed by atoms with Crippen molar-refractivity contribution in [3.63, 3.8) is 0 Å².